The van der Waals surface area contributed by atoms with Crippen LogP contribution in [-0.2, 0) is 11.2 Å². The van der Waals surface area contributed by atoms with Crippen LogP contribution in [0, 0.1) is 0 Å². The molecule has 0 radical (unpaired) electrons. The van der Waals surface area contributed by atoms with Gasteiger partial charge in [0.1, 0.15) is 6.61 Å². The van der Waals surface area contributed by atoms with Gasteiger partial charge in [0.2, 0.25) is 0 Å². The summed E-state index contributed by atoms with van der Waals surface area (Å²) >= 11 is 0. The first-order valence-corrected chi connectivity index (χ1v) is 5.92. The van der Waals surface area contributed by atoms with Gasteiger partial charge in [-0.1, -0.05) is 11.2 Å². The molecule has 2 aromatic rings. The van der Waals surface area contributed by atoms with Crippen molar-refractivity contribution in [3.63, 3.8) is 0 Å². The maximum Gasteiger partial charge on any atom is 0.411 e. The van der Waals surface area contributed by atoms with Crippen LogP contribution in [0.2, 0.25) is 0 Å². The number of halogens is 3. The van der Waals surface area contributed by atoms with Crippen molar-refractivity contribution in [3.8, 4) is 17.2 Å². The molecule has 9 heteroatoms. The van der Waals surface area contributed by atoms with Crippen LogP contribution in [0.3, 0.4) is 0 Å². The second-order valence-corrected chi connectivity index (χ2v) is 4.18. The summed E-state index contributed by atoms with van der Waals surface area (Å²) in [5.41, 5.74) is 5.95. The van der Waals surface area contributed by atoms with Crippen LogP contribution in [0.25, 0.3) is 11.5 Å². The summed E-state index contributed by atoms with van der Waals surface area (Å²) < 4.78 is 45.0. The van der Waals surface area contributed by atoms with Crippen molar-refractivity contribution in [1.29, 1.82) is 0 Å². The van der Waals surface area contributed by atoms with E-state index in [1.165, 1.54) is 12.1 Å². The predicted octanol–water partition coefficient (Wildman–Crippen LogP) is 2.15. The van der Waals surface area contributed by atoms with Crippen LogP contribution in [0.1, 0.15) is 5.82 Å². The molecule has 0 aliphatic heterocycles. The van der Waals surface area contributed by atoms with Crippen molar-refractivity contribution in [2.24, 2.45) is 0 Å². The van der Waals surface area contributed by atoms with E-state index in [-0.39, 0.29) is 41.7 Å². The van der Waals surface area contributed by atoms with E-state index in [2.05, 4.69) is 14.9 Å². The molecule has 0 amide bonds. The minimum absolute atomic E-state index is 0.0330. The molecule has 0 aliphatic carbocycles. The monoisotopic (exact) mass is 303 g/mol. The predicted molar refractivity (Wildman–Crippen MR) is 66.4 cm³/mol. The first kappa shape index (κ1) is 15.1. The molecule has 1 heterocycles. The molecule has 0 atom stereocenters. The number of aromatic hydroxyl groups is 1. The average molecular weight is 303 g/mol. The number of hydrogen-bond donors (Lipinski definition) is 2. The van der Waals surface area contributed by atoms with Crippen LogP contribution in [0.15, 0.2) is 22.7 Å². The molecule has 3 N–H and O–H groups in total. The Labute approximate surface area is 117 Å². The molecule has 0 aliphatic rings. The number of nitrogen functional groups attached to an aromatic ring is 1. The van der Waals surface area contributed by atoms with Crippen LogP contribution in [0.5, 0.6) is 5.75 Å². The zero-order valence-electron chi connectivity index (χ0n) is 10.7. The SMILES string of the molecule is Nc1cccc(-c2nc(CCOCC(F)(F)F)no2)c1O. The molecule has 0 saturated carbocycles. The van der Waals surface area contributed by atoms with E-state index in [0.717, 1.165) is 0 Å². The number of benzene rings is 1. The largest absolute Gasteiger partial charge is 0.505 e. The molecule has 0 fully saturated rings. The van der Waals surface area contributed by atoms with Crippen molar-refractivity contribution >= 4 is 5.69 Å². The normalized spacial score (nSPS) is 11.8. The smallest absolute Gasteiger partial charge is 0.411 e. The van der Waals surface area contributed by atoms with Crippen LogP contribution in [0.4, 0.5) is 18.9 Å². The summed E-state index contributed by atoms with van der Waals surface area (Å²) in [5, 5.41) is 13.4. The van der Waals surface area contributed by atoms with Gasteiger partial charge in [0, 0.05) is 6.42 Å². The highest BCUT2D eigenvalue weighted by molar-refractivity contribution is 5.71. The van der Waals surface area contributed by atoms with Crippen molar-refractivity contribution in [2.75, 3.05) is 18.9 Å². The molecule has 1 aromatic carbocycles. The van der Waals surface area contributed by atoms with Crippen molar-refractivity contribution in [2.45, 2.75) is 12.6 Å². The maximum absolute atomic E-state index is 11.9. The maximum atomic E-state index is 11.9. The second-order valence-electron chi connectivity index (χ2n) is 4.18. The Bertz CT molecular complexity index is 613. The molecule has 0 spiro atoms. The van der Waals surface area contributed by atoms with E-state index in [9.17, 15) is 18.3 Å². The molecule has 0 bridgehead atoms. The first-order valence-electron chi connectivity index (χ1n) is 5.92. The molecule has 1 aromatic heterocycles. The molecule has 21 heavy (non-hydrogen) atoms. The molecular weight excluding hydrogens is 291 g/mol. The summed E-state index contributed by atoms with van der Waals surface area (Å²) in [7, 11) is 0. The fraction of sp³-hybridized carbons (Fsp3) is 0.333. The first-order chi connectivity index (χ1) is 9.87. The number of phenolic OH excluding ortho intramolecular Hbond substituents is 1. The number of aromatic nitrogens is 2. The molecule has 0 saturated heterocycles. The highest BCUT2D eigenvalue weighted by Gasteiger charge is 2.27. The lowest BCUT2D eigenvalue weighted by molar-refractivity contribution is -0.173. The minimum Gasteiger partial charge on any atom is -0.505 e. The average Bonchev–Trinajstić information content (AvgIpc) is 2.85. The topological polar surface area (TPSA) is 94.4 Å². The van der Waals surface area contributed by atoms with Crippen molar-refractivity contribution in [3.05, 3.63) is 24.0 Å². The van der Waals surface area contributed by atoms with Gasteiger partial charge in [0.15, 0.2) is 11.6 Å². The number of anilines is 1. The Hall–Kier alpha value is -2.29. The van der Waals surface area contributed by atoms with Gasteiger partial charge < -0.3 is 20.1 Å². The minimum atomic E-state index is -4.37. The summed E-state index contributed by atoms with van der Waals surface area (Å²) in [6.07, 6.45) is -4.31. The highest BCUT2D eigenvalue weighted by Crippen LogP contribution is 2.32. The Morgan fingerprint density at radius 2 is 2.10 bits per heavy atom. The Morgan fingerprint density at radius 3 is 2.81 bits per heavy atom. The lowest BCUT2D eigenvalue weighted by Crippen LogP contribution is -2.18. The number of nitrogens with two attached hydrogens (primary N) is 1. The van der Waals surface area contributed by atoms with E-state index in [1.54, 1.807) is 6.07 Å². The quantitative estimate of drug-likeness (QED) is 0.499. The van der Waals surface area contributed by atoms with E-state index >= 15 is 0 Å². The molecule has 0 unspecified atom stereocenters. The number of hydrogen-bond acceptors (Lipinski definition) is 6. The van der Waals surface area contributed by atoms with Crippen molar-refractivity contribution < 1.29 is 27.5 Å². The van der Waals surface area contributed by atoms with E-state index in [4.69, 9.17) is 10.3 Å². The van der Waals surface area contributed by atoms with E-state index in [1.807, 2.05) is 0 Å². The van der Waals surface area contributed by atoms with Gasteiger partial charge >= 0.3 is 6.18 Å². The Morgan fingerprint density at radius 1 is 1.33 bits per heavy atom. The number of nitrogens with zero attached hydrogens (tertiary/aromatic N) is 2. The fourth-order valence-corrected chi connectivity index (χ4v) is 1.55. The van der Waals surface area contributed by atoms with Gasteiger partial charge in [-0.15, -0.1) is 0 Å². The van der Waals surface area contributed by atoms with Gasteiger partial charge in [-0.05, 0) is 12.1 Å². The number of ether oxygens (including phenoxy) is 1. The van der Waals surface area contributed by atoms with Crippen LogP contribution >= 0.6 is 0 Å². The van der Waals surface area contributed by atoms with Gasteiger partial charge in [-0.25, -0.2) is 0 Å². The molecule has 6 nitrogen and oxygen atoms in total. The third kappa shape index (κ3) is 4.09. The Balaban J connectivity index is 1.97. The van der Waals surface area contributed by atoms with Gasteiger partial charge in [0.05, 0.1) is 17.9 Å². The third-order valence-electron chi connectivity index (χ3n) is 2.50. The zero-order valence-corrected chi connectivity index (χ0v) is 10.7. The summed E-state index contributed by atoms with van der Waals surface area (Å²) in [5.74, 6) is 0.0145. The fourth-order valence-electron chi connectivity index (χ4n) is 1.55. The third-order valence-corrected chi connectivity index (χ3v) is 2.50. The van der Waals surface area contributed by atoms with Crippen LogP contribution < -0.4 is 5.73 Å². The Kier molecular flexibility index (Phi) is 4.32. The molecular formula is C12H12F3N3O3. The van der Waals surface area contributed by atoms with E-state index in [0.29, 0.717) is 0 Å². The highest BCUT2D eigenvalue weighted by atomic mass is 19.4. The molecule has 2 rings (SSSR count). The number of alkyl halides is 3. The molecule has 114 valence electrons. The lowest BCUT2D eigenvalue weighted by Gasteiger charge is -2.05. The van der Waals surface area contributed by atoms with Gasteiger partial charge in [-0.3, -0.25) is 0 Å². The summed E-state index contributed by atoms with van der Waals surface area (Å²) in [4.78, 5) is 3.96. The van der Waals surface area contributed by atoms with Crippen molar-refractivity contribution in [1.82, 2.24) is 10.1 Å². The van der Waals surface area contributed by atoms with Crippen LogP contribution in [-0.4, -0.2) is 34.6 Å². The number of phenols is 1. The van der Waals surface area contributed by atoms with E-state index < -0.39 is 12.8 Å². The summed E-state index contributed by atoms with van der Waals surface area (Å²) in [6, 6.07) is 4.63. The zero-order chi connectivity index (χ0) is 15.5. The van der Waals surface area contributed by atoms with Gasteiger partial charge in [0.25, 0.3) is 5.89 Å². The lowest BCUT2D eigenvalue weighted by atomic mass is 10.2. The second kappa shape index (κ2) is 6.00. The van der Waals surface area contributed by atoms with Gasteiger partial charge in [-0.2, -0.15) is 18.2 Å². The number of para-hydroxylation sites is 1. The summed E-state index contributed by atoms with van der Waals surface area (Å²) in [6.45, 7) is -1.52. The number of rotatable bonds is 5. The standard InChI is InChI=1S/C12H12F3N3O3/c13-12(14,15)6-20-5-4-9-17-11(21-18-9)7-2-1-3-8(16)10(7)19/h1-3,19H,4-6,16H2.